The van der Waals surface area contributed by atoms with Crippen LogP contribution in [0.3, 0.4) is 0 Å². The third-order valence-electron chi connectivity index (χ3n) is 3.76. The Morgan fingerprint density at radius 2 is 2.19 bits per heavy atom. The molecule has 4 aromatic rings. The molecular formula is C18H15N5O3S. The van der Waals surface area contributed by atoms with Crippen molar-refractivity contribution in [2.75, 3.05) is 5.32 Å². The van der Waals surface area contributed by atoms with Crippen molar-refractivity contribution >= 4 is 22.9 Å². The number of nitrogens with one attached hydrogen (secondary N) is 1. The Balaban J connectivity index is 1.28. The van der Waals surface area contributed by atoms with Crippen molar-refractivity contribution in [3.63, 3.8) is 0 Å². The van der Waals surface area contributed by atoms with E-state index in [2.05, 4.69) is 25.7 Å². The standard InChI is InChI=1S/C18H15N5O3S/c24-15(20-13-5-1-4-12(10-13)18-22-19-11-25-18)7-2-8-16-21-17(23-26-16)14-6-3-9-27-14/h1,3-6,9-11H,2,7-8H2,(H,20,24). The third kappa shape index (κ3) is 4.26. The number of carbonyl (C=O) groups is 1. The second-order valence-corrected chi connectivity index (χ2v) is 6.66. The summed E-state index contributed by atoms with van der Waals surface area (Å²) in [6.45, 7) is 0. The predicted octanol–water partition coefficient (Wildman–Crippen LogP) is 3.81. The molecule has 0 fully saturated rings. The summed E-state index contributed by atoms with van der Waals surface area (Å²) < 4.78 is 10.4. The predicted molar refractivity (Wildman–Crippen MR) is 98.9 cm³/mol. The van der Waals surface area contributed by atoms with Crippen molar-refractivity contribution in [2.45, 2.75) is 19.3 Å². The highest BCUT2D eigenvalue weighted by molar-refractivity contribution is 7.13. The van der Waals surface area contributed by atoms with Gasteiger partial charge in [-0.2, -0.15) is 4.98 Å². The first-order valence-corrected chi connectivity index (χ1v) is 9.19. The van der Waals surface area contributed by atoms with Crippen LogP contribution in [0.5, 0.6) is 0 Å². The van der Waals surface area contributed by atoms with E-state index in [4.69, 9.17) is 8.94 Å². The molecule has 0 saturated heterocycles. The average molecular weight is 381 g/mol. The fraction of sp³-hybridized carbons (Fsp3) is 0.167. The molecule has 0 saturated carbocycles. The van der Waals surface area contributed by atoms with Gasteiger partial charge in [-0.15, -0.1) is 21.5 Å². The van der Waals surface area contributed by atoms with Gasteiger partial charge in [0, 0.05) is 24.1 Å². The number of benzene rings is 1. The van der Waals surface area contributed by atoms with Gasteiger partial charge in [0.2, 0.25) is 29.9 Å². The molecule has 4 rings (SSSR count). The van der Waals surface area contributed by atoms with E-state index in [0.29, 0.717) is 42.6 Å². The fourth-order valence-electron chi connectivity index (χ4n) is 2.51. The van der Waals surface area contributed by atoms with Gasteiger partial charge in [0.05, 0.1) is 4.88 Å². The second kappa shape index (κ2) is 7.92. The zero-order valence-electron chi connectivity index (χ0n) is 14.2. The first kappa shape index (κ1) is 17.1. The molecule has 9 heteroatoms. The Morgan fingerprint density at radius 1 is 1.22 bits per heavy atom. The first-order chi connectivity index (χ1) is 13.3. The lowest BCUT2D eigenvalue weighted by Gasteiger charge is -2.05. The van der Waals surface area contributed by atoms with Crippen LogP contribution in [0.1, 0.15) is 18.7 Å². The van der Waals surface area contributed by atoms with E-state index < -0.39 is 0 Å². The smallest absolute Gasteiger partial charge is 0.247 e. The Kier molecular flexibility index (Phi) is 5.01. The number of aryl methyl sites for hydroxylation is 1. The Labute approximate surface area is 158 Å². The zero-order chi connectivity index (χ0) is 18.5. The van der Waals surface area contributed by atoms with Crippen LogP contribution in [0.4, 0.5) is 5.69 Å². The number of carbonyl (C=O) groups excluding carboxylic acids is 1. The molecule has 27 heavy (non-hydrogen) atoms. The van der Waals surface area contributed by atoms with Crippen LogP contribution in [-0.2, 0) is 11.2 Å². The SMILES string of the molecule is O=C(CCCc1nc(-c2cccs2)no1)Nc1cccc(-c2nnco2)c1. The van der Waals surface area contributed by atoms with Crippen LogP contribution in [-0.4, -0.2) is 26.2 Å². The van der Waals surface area contributed by atoms with Gasteiger partial charge in [0.15, 0.2) is 0 Å². The van der Waals surface area contributed by atoms with Gasteiger partial charge in [0.25, 0.3) is 0 Å². The number of thiophene rings is 1. The van der Waals surface area contributed by atoms with Gasteiger partial charge < -0.3 is 14.3 Å². The Morgan fingerprint density at radius 3 is 3.00 bits per heavy atom. The quantitative estimate of drug-likeness (QED) is 0.519. The lowest BCUT2D eigenvalue weighted by atomic mass is 10.2. The van der Waals surface area contributed by atoms with Gasteiger partial charge in [0.1, 0.15) is 0 Å². The summed E-state index contributed by atoms with van der Waals surface area (Å²) in [5, 5.41) is 16.3. The number of nitrogens with zero attached hydrogens (tertiary/aromatic N) is 4. The molecule has 1 aromatic carbocycles. The zero-order valence-corrected chi connectivity index (χ0v) is 15.0. The molecule has 3 aromatic heterocycles. The van der Waals surface area contributed by atoms with Gasteiger partial charge in [-0.25, -0.2) is 0 Å². The molecule has 136 valence electrons. The Hall–Kier alpha value is -3.33. The van der Waals surface area contributed by atoms with E-state index in [1.807, 2.05) is 35.7 Å². The number of aromatic nitrogens is 4. The minimum Gasteiger partial charge on any atom is -0.423 e. The third-order valence-corrected chi connectivity index (χ3v) is 4.62. The van der Waals surface area contributed by atoms with Gasteiger partial charge in [-0.05, 0) is 36.1 Å². The molecule has 1 amide bonds. The largest absolute Gasteiger partial charge is 0.423 e. The topological polar surface area (TPSA) is 107 Å². The van der Waals surface area contributed by atoms with Crippen molar-refractivity contribution in [1.82, 2.24) is 20.3 Å². The minimum absolute atomic E-state index is 0.0873. The van der Waals surface area contributed by atoms with Crippen LogP contribution in [0.15, 0.2) is 57.1 Å². The second-order valence-electron chi connectivity index (χ2n) is 5.72. The van der Waals surface area contributed by atoms with Crippen molar-refractivity contribution in [1.29, 1.82) is 0 Å². The molecule has 1 N–H and O–H groups in total. The molecule has 0 aliphatic rings. The fourth-order valence-corrected chi connectivity index (χ4v) is 3.16. The molecular weight excluding hydrogens is 366 g/mol. The molecule has 0 unspecified atom stereocenters. The van der Waals surface area contributed by atoms with Crippen LogP contribution < -0.4 is 5.32 Å². The van der Waals surface area contributed by atoms with Crippen LogP contribution in [0.25, 0.3) is 22.2 Å². The highest BCUT2D eigenvalue weighted by Gasteiger charge is 2.11. The van der Waals surface area contributed by atoms with E-state index in [1.54, 1.807) is 17.4 Å². The highest BCUT2D eigenvalue weighted by Crippen LogP contribution is 2.22. The average Bonchev–Trinajstić information content (AvgIpc) is 3.43. The summed E-state index contributed by atoms with van der Waals surface area (Å²) in [6, 6.07) is 11.1. The maximum Gasteiger partial charge on any atom is 0.247 e. The van der Waals surface area contributed by atoms with E-state index in [0.717, 1.165) is 10.4 Å². The number of hydrogen-bond donors (Lipinski definition) is 1. The number of amides is 1. The van der Waals surface area contributed by atoms with E-state index in [9.17, 15) is 4.79 Å². The normalized spacial score (nSPS) is 10.8. The van der Waals surface area contributed by atoms with Crippen LogP contribution >= 0.6 is 11.3 Å². The highest BCUT2D eigenvalue weighted by atomic mass is 32.1. The molecule has 0 bridgehead atoms. The lowest BCUT2D eigenvalue weighted by Crippen LogP contribution is -2.11. The van der Waals surface area contributed by atoms with Crippen molar-refractivity contribution in [3.05, 3.63) is 54.1 Å². The molecule has 0 aliphatic heterocycles. The molecule has 0 radical (unpaired) electrons. The van der Waals surface area contributed by atoms with Crippen LogP contribution in [0.2, 0.25) is 0 Å². The molecule has 0 atom stereocenters. The van der Waals surface area contributed by atoms with Crippen molar-refractivity contribution in [3.8, 4) is 22.2 Å². The van der Waals surface area contributed by atoms with E-state index in [-0.39, 0.29) is 5.91 Å². The van der Waals surface area contributed by atoms with Crippen LogP contribution in [0, 0.1) is 0 Å². The van der Waals surface area contributed by atoms with Crippen molar-refractivity contribution in [2.24, 2.45) is 0 Å². The summed E-state index contributed by atoms with van der Waals surface area (Å²) in [6.07, 6.45) is 2.78. The number of hydrogen-bond acceptors (Lipinski definition) is 8. The summed E-state index contributed by atoms with van der Waals surface area (Å²) in [4.78, 5) is 17.5. The summed E-state index contributed by atoms with van der Waals surface area (Å²) >= 11 is 1.56. The molecule has 3 heterocycles. The number of anilines is 1. The van der Waals surface area contributed by atoms with Crippen molar-refractivity contribution < 1.29 is 13.7 Å². The summed E-state index contributed by atoms with van der Waals surface area (Å²) in [7, 11) is 0. The summed E-state index contributed by atoms with van der Waals surface area (Å²) in [5.41, 5.74) is 1.42. The molecule has 0 aliphatic carbocycles. The summed E-state index contributed by atoms with van der Waals surface area (Å²) in [5.74, 6) is 1.44. The Bertz CT molecular complexity index is 1010. The minimum atomic E-state index is -0.0873. The molecule has 0 spiro atoms. The van der Waals surface area contributed by atoms with Gasteiger partial charge in [-0.1, -0.05) is 17.3 Å². The number of rotatable bonds is 7. The van der Waals surface area contributed by atoms with Gasteiger partial charge >= 0.3 is 0 Å². The van der Waals surface area contributed by atoms with Gasteiger partial charge in [-0.3, -0.25) is 4.79 Å². The van der Waals surface area contributed by atoms with E-state index in [1.165, 1.54) is 6.39 Å². The van der Waals surface area contributed by atoms with E-state index >= 15 is 0 Å². The lowest BCUT2D eigenvalue weighted by molar-refractivity contribution is -0.116. The monoisotopic (exact) mass is 381 g/mol. The molecule has 8 nitrogen and oxygen atoms in total. The maximum atomic E-state index is 12.2. The first-order valence-electron chi connectivity index (χ1n) is 8.31. The maximum absolute atomic E-state index is 12.2.